The summed E-state index contributed by atoms with van der Waals surface area (Å²) in [5.41, 5.74) is 2.76. The predicted octanol–water partition coefficient (Wildman–Crippen LogP) is 1.26. The Morgan fingerprint density at radius 3 is 2.32 bits per heavy atom. The number of ether oxygens (including phenoxy) is 2. The number of esters is 1. The van der Waals surface area contributed by atoms with Gasteiger partial charge in [-0.3, -0.25) is 29.0 Å². The molecular weight excluding hydrogens is 528 g/mol. The fourth-order valence-electron chi connectivity index (χ4n) is 6.10. The molecule has 4 atom stereocenters. The summed E-state index contributed by atoms with van der Waals surface area (Å²) in [6.45, 7) is 0.298. The number of carbonyl (C=O) groups is 5. The monoisotopic (exact) mass is 560 g/mol. The molecule has 6 rings (SSSR count). The molecule has 0 aromatic heterocycles. The molecule has 3 heterocycles. The summed E-state index contributed by atoms with van der Waals surface area (Å²) in [5.74, 6) is -2.22. The lowest BCUT2D eigenvalue weighted by Gasteiger charge is -2.43. The SMILES string of the molecule is O=C1CC(NC(=O)C2CCCN3C(=O)CCC(NC(=O)c4ccccc4)C(=O)N23)C(OC2Cc3ccccc3C2)O1. The van der Waals surface area contributed by atoms with E-state index in [9.17, 15) is 24.0 Å². The minimum atomic E-state index is -0.985. The van der Waals surface area contributed by atoms with Crippen molar-refractivity contribution in [3.05, 3.63) is 71.3 Å². The molecule has 0 bridgehead atoms. The lowest BCUT2D eigenvalue weighted by Crippen LogP contribution is -2.64. The molecule has 2 aromatic carbocycles. The maximum Gasteiger partial charge on any atom is 0.310 e. The second-order valence-corrected chi connectivity index (χ2v) is 10.9. The average molecular weight is 561 g/mol. The number of benzene rings is 2. The van der Waals surface area contributed by atoms with E-state index in [-0.39, 0.29) is 31.3 Å². The van der Waals surface area contributed by atoms with Crippen LogP contribution in [0.4, 0.5) is 0 Å². The van der Waals surface area contributed by atoms with Gasteiger partial charge in [0, 0.05) is 18.5 Å². The van der Waals surface area contributed by atoms with Gasteiger partial charge in [-0.15, -0.1) is 0 Å². The molecule has 2 N–H and O–H groups in total. The molecule has 4 unspecified atom stereocenters. The number of amides is 4. The smallest absolute Gasteiger partial charge is 0.310 e. The molecule has 4 amide bonds. The van der Waals surface area contributed by atoms with Gasteiger partial charge >= 0.3 is 5.97 Å². The first-order chi connectivity index (χ1) is 19.9. The number of fused-ring (bicyclic) bond motifs is 2. The summed E-state index contributed by atoms with van der Waals surface area (Å²) in [4.78, 5) is 65.4. The van der Waals surface area contributed by atoms with Crippen LogP contribution in [0.5, 0.6) is 0 Å². The van der Waals surface area contributed by atoms with Gasteiger partial charge in [-0.25, -0.2) is 5.01 Å². The molecule has 1 aliphatic carbocycles. The van der Waals surface area contributed by atoms with E-state index in [1.807, 2.05) is 24.3 Å². The third-order valence-corrected chi connectivity index (χ3v) is 8.14. The molecule has 11 heteroatoms. The van der Waals surface area contributed by atoms with Gasteiger partial charge in [-0.1, -0.05) is 42.5 Å². The Labute approximate surface area is 237 Å². The molecule has 4 aliphatic rings. The van der Waals surface area contributed by atoms with E-state index in [4.69, 9.17) is 9.47 Å². The van der Waals surface area contributed by atoms with Crippen LogP contribution in [0.25, 0.3) is 0 Å². The molecule has 0 spiro atoms. The molecule has 41 heavy (non-hydrogen) atoms. The topological polar surface area (TPSA) is 134 Å². The Kier molecular flexibility index (Phi) is 7.44. The molecule has 2 aromatic rings. The van der Waals surface area contributed by atoms with E-state index in [1.54, 1.807) is 30.3 Å². The predicted molar refractivity (Wildman–Crippen MR) is 144 cm³/mol. The van der Waals surface area contributed by atoms with Gasteiger partial charge in [-0.2, -0.15) is 0 Å². The second kappa shape index (κ2) is 11.3. The van der Waals surface area contributed by atoms with Crippen LogP contribution in [-0.2, 0) is 41.5 Å². The Bertz CT molecular complexity index is 1340. The summed E-state index contributed by atoms with van der Waals surface area (Å²) in [6.07, 6.45) is 1.20. The number of hydrazine groups is 1. The molecule has 0 saturated carbocycles. The Hall–Kier alpha value is -4.25. The van der Waals surface area contributed by atoms with Crippen LogP contribution in [0.1, 0.15) is 53.6 Å². The summed E-state index contributed by atoms with van der Waals surface area (Å²) in [7, 11) is 0. The molecule has 3 fully saturated rings. The first-order valence-electron chi connectivity index (χ1n) is 14.1. The van der Waals surface area contributed by atoms with Gasteiger partial charge in [0.25, 0.3) is 11.8 Å². The number of carbonyl (C=O) groups excluding carboxylic acids is 5. The summed E-state index contributed by atoms with van der Waals surface area (Å²) in [5, 5.41) is 8.14. The summed E-state index contributed by atoms with van der Waals surface area (Å²) in [6, 6.07) is 13.8. The van der Waals surface area contributed by atoms with E-state index < -0.39 is 48.1 Å². The van der Waals surface area contributed by atoms with Crippen molar-refractivity contribution >= 4 is 29.6 Å². The highest BCUT2D eigenvalue weighted by Gasteiger charge is 2.46. The Morgan fingerprint density at radius 2 is 1.59 bits per heavy atom. The first kappa shape index (κ1) is 26.9. The van der Waals surface area contributed by atoms with Crippen LogP contribution in [-0.4, -0.2) is 76.7 Å². The maximum atomic E-state index is 13.7. The van der Waals surface area contributed by atoms with Crippen LogP contribution in [0, 0.1) is 0 Å². The lowest BCUT2D eigenvalue weighted by atomic mass is 10.0. The number of hydrogen-bond donors (Lipinski definition) is 2. The van der Waals surface area contributed by atoms with E-state index >= 15 is 0 Å². The number of cyclic esters (lactones) is 1. The van der Waals surface area contributed by atoms with E-state index in [2.05, 4.69) is 10.6 Å². The summed E-state index contributed by atoms with van der Waals surface area (Å²) >= 11 is 0. The third kappa shape index (κ3) is 5.54. The fraction of sp³-hybridized carbons (Fsp3) is 0.433. The van der Waals surface area contributed by atoms with Crippen molar-refractivity contribution in [2.24, 2.45) is 0 Å². The fourth-order valence-corrected chi connectivity index (χ4v) is 6.10. The molecule has 11 nitrogen and oxygen atoms in total. The van der Waals surface area contributed by atoms with Crippen molar-refractivity contribution in [3.63, 3.8) is 0 Å². The third-order valence-electron chi connectivity index (χ3n) is 8.14. The zero-order valence-corrected chi connectivity index (χ0v) is 22.5. The number of rotatable bonds is 6. The van der Waals surface area contributed by atoms with Gasteiger partial charge in [0.05, 0.1) is 12.5 Å². The minimum absolute atomic E-state index is 0.0565. The van der Waals surface area contributed by atoms with Gasteiger partial charge < -0.3 is 20.1 Å². The van der Waals surface area contributed by atoms with Crippen molar-refractivity contribution in [1.82, 2.24) is 20.7 Å². The number of hydrogen-bond acceptors (Lipinski definition) is 7. The van der Waals surface area contributed by atoms with Crippen molar-refractivity contribution in [1.29, 1.82) is 0 Å². The summed E-state index contributed by atoms with van der Waals surface area (Å²) < 4.78 is 11.6. The van der Waals surface area contributed by atoms with Gasteiger partial charge in [-0.05, 0) is 55.4 Å². The van der Waals surface area contributed by atoms with Gasteiger partial charge in [0.2, 0.25) is 18.1 Å². The minimum Gasteiger partial charge on any atom is -0.433 e. The van der Waals surface area contributed by atoms with Crippen LogP contribution in [0.3, 0.4) is 0 Å². The van der Waals surface area contributed by atoms with E-state index in [1.165, 1.54) is 21.1 Å². The van der Waals surface area contributed by atoms with Crippen molar-refractivity contribution < 1.29 is 33.4 Å². The highest BCUT2D eigenvalue weighted by molar-refractivity contribution is 5.99. The zero-order valence-electron chi connectivity index (χ0n) is 22.5. The van der Waals surface area contributed by atoms with Gasteiger partial charge in [0.1, 0.15) is 18.1 Å². The quantitative estimate of drug-likeness (QED) is 0.508. The average Bonchev–Trinajstić information content (AvgIpc) is 3.52. The standard InChI is InChI=1S/C30H32N4O7/c35-25-13-12-22(31-27(37)18-7-2-1-3-8-18)29(39)34-24(11-6-14-33(25)34)28(38)32-23-17-26(36)41-30(23)40-21-15-19-9-4-5-10-20(19)16-21/h1-5,7-10,21-24,30H,6,11-17H2,(H,31,37)(H,32,38). The Morgan fingerprint density at radius 1 is 0.878 bits per heavy atom. The van der Waals surface area contributed by atoms with Crippen molar-refractivity contribution in [2.75, 3.05) is 6.54 Å². The highest BCUT2D eigenvalue weighted by atomic mass is 16.7. The zero-order chi connectivity index (χ0) is 28.5. The van der Waals surface area contributed by atoms with Crippen LogP contribution >= 0.6 is 0 Å². The first-order valence-corrected chi connectivity index (χ1v) is 14.1. The number of nitrogens with one attached hydrogen (secondary N) is 2. The van der Waals surface area contributed by atoms with Crippen molar-refractivity contribution in [2.45, 2.75) is 75.5 Å². The molecule has 0 radical (unpaired) electrons. The molecule has 3 saturated heterocycles. The normalized spacial score (nSPS) is 26.2. The molecular formula is C30H32N4O7. The maximum absolute atomic E-state index is 13.7. The van der Waals surface area contributed by atoms with Crippen LogP contribution in [0.15, 0.2) is 54.6 Å². The van der Waals surface area contributed by atoms with Crippen LogP contribution < -0.4 is 10.6 Å². The largest absolute Gasteiger partial charge is 0.433 e. The van der Waals surface area contributed by atoms with Crippen molar-refractivity contribution in [3.8, 4) is 0 Å². The Balaban J connectivity index is 1.15. The number of nitrogens with zero attached hydrogens (tertiary/aromatic N) is 2. The lowest BCUT2D eigenvalue weighted by molar-refractivity contribution is -0.180. The highest BCUT2D eigenvalue weighted by Crippen LogP contribution is 2.29. The molecule has 214 valence electrons. The van der Waals surface area contributed by atoms with Gasteiger partial charge in [0.15, 0.2) is 0 Å². The van der Waals surface area contributed by atoms with Crippen LogP contribution in [0.2, 0.25) is 0 Å². The molecule has 3 aliphatic heterocycles. The second-order valence-electron chi connectivity index (χ2n) is 10.9. The van der Waals surface area contributed by atoms with E-state index in [0.29, 0.717) is 37.8 Å². The van der Waals surface area contributed by atoms with E-state index in [0.717, 1.165) is 0 Å².